The number of benzene rings is 2. The largest absolute Gasteiger partial charge is 0.494 e. The standard InChI is InChI=1S/C18H17N3O3S/c1-11(22)19-18-21-17-14(24-2)9-13(10-15(17)25-18)20-16(23)8-12-6-4-3-5-7-12/h3-7,9-10H,8H2,1-2H3,(H,20,23)(H,19,21,22). The van der Waals surface area contributed by atoms with Crippen molar-refractivity contribution in [1.82, 2.24) is 4.98 Å². The molecular weight excluding hydrogens is 338 g/mol. The summed E-state index contributed by atoms with van der Waals surface area (Å²) in [6.07, 6.45) is 0.293. The molecule has 0 saturated heterocycles. The summed E-state index contributed by atoms with van der Waals surface area (Å²) >= 11 is 1.33. The van der Waals surface area contributed by atoms with Gasteiger partial charge in [0.15, 0.2) is 5.13 Å². The Bertz CT molecular complexity index is 922. The van der Waals surface area contributed by atoms with Crippen molar-refractivity contribution in [2.24, 2.45) is 0 Å². The molecule has 1 aromatic heterocycles. The van der Waals surface area contributed by atoms with Gasteiger partial charge in [-0.05, 0) is 11.6 Å². The predicted molar refractivity (Wildman–Crippen MR) is 99.3 cm³/mol. The highest BCUT2D eigenvalue weighted by molar-refractivity contribution is 7.22. The lowest BCUT2D eigenvalue weighted by Gasteiger charge is -2.08. The smallest absolute Gasteiger partial charge is 0.228 e. The molecule has 3 aromatic rings. The van der Waals surface area contributed by atoms with Crippen LogP contribution in [0.3, 0.4) is 0 Å². The summed E-state index contributed by atoms with van der Waals surface area (Å²) in [7, 11) is 1.54. The van der Waals surface area contributed by atoms with Crippen molar-refractivity contribution in [1.29, 1.82) is 0 Å². The van der Waals surface area contributed by atoms with E-state index in [0.29, 0.717) is 28.5 Å². The molecule has 0 aliphatic carbocycles. The molecule has 0 aliphatic rings. The summed E-state index contributed by atoms with van der Waals surface area (Å²) in [6, 6.07) is 13.1. The molecular formula is C18H17N3O3S. The fraction of sp³-hybridized carbons (Fsp3) is 0.167. The minimum absolute atomic E-state index is 0.112. The molecule has 3 rings (SSSR count). The number of nitrogens with one attached hydrogen (secondary N) is 2. The summed E-state index contributed by atoms with van der Waals surface area (Å²) in [6.45, 7) is 1.43. The summed E-state index contributed by atoms with van der Waals surface area (Å²) in [5.74, 6) is 0.244. The quantitative estimate of drug-likeness (QED) is 0.735. The van der Waals surface area contributed by atoms with Gasteiger partial charge < -0.3 is 15.4 Å². The summed E-state index contributed by atoms with van der Waals surface area (Å²) in [5.41, 5.74) is 2.22. The van der Waals surface area contributed by atoms with Crippen LogP contribution < -0.4 is 15.4 Å². The summed E-state index contributed by atoms with van der Waals surface area (Å²) in [4.78, 5) is 27.8. The number of anilines is 2. The van der Waals surface area contributed by atoms with Crippen molar-refractivity contribution in [2.75, 3.05) is 17.7 Å². The van der Waals surface area contributed by atoms with E-state index in [-0.39, 0.29) is 11.8 Å². The average molecular weight is 355 g/mol. The number of amides is 2. The van der Waals surface area contributed by atoms with E-state index in [0.717, 1.165) is 10.3 Å². The first-order chi connectivity index (χ1) is 12.0. The lowest BCUT2D eigenvalue weighted by atomic mass is 10.1. The number of methoxy groups -OCH3 is 1. The van der Waals surface area contributed by atoms with Crippen LogP contribution in [0.15, 0.2) is 42.5 Å². The van der Waals surface area contributed by atoms with Crippen LogP contribution in [0, 0.1) is 0 Å². The van der Waals surface area contributed by atoms with Gasteiger partial charge in [0, 0.05) is 18.7 Å². The molecule has 2 amide bonds. The molecule has 0 fully saturated rings. The molecule has 0 atom stereocenters. The van der Waals surface area contributed by atoms with E-state index in [1.165, 1.54) is 18.3 Å². The third kappa shape index (κ3) is 4.13. The maximum atomic E-state index is 12.2. The predicted octanol–water partition coefficient (Wildman–Crippen LogP) is 3.44. The van der Waals surface area contributed by atoms with Gasteiger partial charge in [0.2, 0.25) is 11.8 Å². The fourth-order valence-corrected chi connectivity index (χ4v) is 3.39. The topological polar surface area (TPSA) is 80.3 Å². The minimum atomic E-state index is -0.186. The molecule has 1 heterocycles. The highest BCUT2D eigenvalue weighted by Crippen LogP contribution is 2.35. The van der Waals surface area contributed by atoms with Gasteiger partial charge in [0.25, 0.3) is 0 Å². The molecule has 6 nitrogen and oxygen atoms in total. The van der Waals surface area contributed by atoms with Crippen LogP contribution in [0.4, 0.5) is 10.8 Å². The maximum Gasteiger partial charge on any atom is 0.228 e. The van der Waals surface area contributed by atoms with E-state index < -0.39 is 0 Å². The minimum Gasteiger partial charge on any atom is -0.494 e. The molecule has 0 aliphatic heterocycles. The van der Waals surface area contributed by atoms with Crippen molar-refractivity contribution in [3.05, 3.63) is 48.0 Å². The van der Waals surface area contributed by atoms with Gasteiger partial charge in [-0.3, -0.25) is 9.59 Å². The Morgan fingerprint density at radius 1 is 1.16 bits per heavy atom. The third-order valence-electron chi connectivity index (χ3n) is 3.45. The molecule has 0 bridgehead atoms. The van der Waals surface area contributed by atoms with Gasteiger partial charge >= 0.3 is 0 Å². The number of hydrogen-bond donors (Lipinski definition) is 2. The number of carbonyl (C=O) groups is 2. The second-order valence-corrected chi connectivity index (χ2v) is 6.47. The van der Waals surface area contributed by atoms with E-state index in [1.807, 2.05) is 36.4 Å². The molecule has 0 unspecified atom stereocenters. The monoisotopic (exact) mass is 355 g/mol. The lowest BCUT2D eigenvalue weighted by molar-refractivity contribution is -0.116. The van der Waals surface area contributed by atoms with Gasteiger partial charge in [-0.15, -0.1) is 0 Å². The highest BCUT2D eigenvalue weighted by Gasteiger charge is 2.13. The van der Waals surface area contributed by atoms with Crippen LogP contribution in [0.2, 0.25) is 0 Å². The maximum absolute atomic E-state index is 12.2. The Balaban J connectivity index is 1.83. The van der Waals surface area contributed by atoms with Gasteiger partial charge in [0.05, 0.1) is 18.2 Å². The molecule has 7 heteroatoms. The third-order valence-corrected chi connectivity index (χ3v) is 4.37. The Morgan fingerprint density at radius 2 is 1.92 bits per heavy atom. The molecule has 25 heavy (non-hydrogen) atoms. The SMILES string of the molecule is COc1cc(NC(=O)Cc2ccccc2)cc2sc(NC(C)=O)nc12. The van der Waals surface area contributed by atoms with Crippen molar-refractivity contribution in [3.63, 3.8) is 0 Å². The molecule has 0 radical (unpaired) electrons. The molecule has 0 spiro atoms. The van der Waals surface area contributed by atoms with Crippen LogP contribution >= 0.6 is 11.3 Å². The van der Waals surface area contributed by atoms with Gasteiger partial charge in [-0.2, -0.15) is 0 Å². The Morgan fingerprint density at radius 3 is 2.60 bits per heavy atom. The number of carbonyl (C=O) groups excluding carboxylic acids is 2. The zero-order valence-corrected chi connectivity index (χ0v) is 14.6. The molecule has 0 saturated carbocycles. The van der Waals surface area contributed by atoms with Crippen LogP contribution in [0.25, 0.3) is 10.2 Å². The van der Waals surface area contributed by atoms with Crippen LogP contribution in [0.1, 0.15) is 12.5 Å². The van der Waals surface area contributed by atoms with E-state index in [2.05, 4.69) is 15.6 Å². The van der Waals surface area contributed by atoms with Crippen molar-refractivity contribution in [3.8, 4) is 5.75 Å². The van der Waals surface area contributed by atoms with E-state index in [1.54, 1.807) is 13.2 Å². The summed E-state index contributed by atoms with van der Waals surface area (Å²) in [5, 5.41) is 6.04. The first kappa shape index (κ1) is 16.9. The van der Waals surface area contributed by atoms with Crippen molar-refractivity contribution >= 4 is 44.2 Å². The number of thiazole rings is 1. The van der Waals surface area contributed by atoms with E-state index >= 15 is 0 Å². The number of rotatable bonds is 5. The van der Waals surface area contributed by atoms with Gasteiger partial charge in [-0.1, -0.05) is 41.7 Å². The second-order valence-electron chi connectivity index (χ2n) is 5.44. The number of fused-ring (bicyclic) bond motifs is 1. The van der Waals surface area contributed by atoms with Crippen molar-refractivity contribution < 1.29 is 14.3 Å². The number of hydrogen-bond acceptors (Lipinski definition) is 5. The van der Waals surface area contributed by atoms with Crippen LogP contribution in [-0.4, -0.2) is 23.9 Å². The first-order valence-electron chi connectivity index (χ1n) is 7.65. The van der Waals surface area contributed by atoms with E-state index in [4.69, 9.17) is 4.74 Å². The lowest BCUT2D eigenvalue weighted by Crippen LogP contribution is -2.14. The zero-order valence-electron chi connectivity index (χ0n) is 13.8. The number of aromatic nitrogens is 1. The Labute approximate surface area is 148 Å². The van der Waals surface area contributed by atoms with Gasteiger partial charge in [-0.25, -0.2) is 4.98 Å². The van der Waals surface area contributed by atoms with Crippen LogP contribution in [0.5, 0.6) is 5.75 Å². The molecule has 2 N–H and O–H groups in total. The molecule has 128 valence electrons. The normalized spacial score (nSPS) is 10.5. The number of ether oxygens (including phenoxy) is 1. The first-order valence-corrected chi connectivity index (χ1v) is 8.47. The van der Waals surface area contributed by atoms with E-state index in [9.17, 15) is 9.59 Å². The van der Waals surface area contributed by atoms with Crippen molar-refractivity contribution in [2.45, 2.75) is 13.3 Å². The average Bonchev–Trinajstić information content (AvgIpc) is 2.96. The van der Waals surface area contributed by atoms with Crippen LogP contribution in [-0.2, 0) is 16.0 Å². The van der Waals surface area contributed by atoms with Gasteiger partial charge in [0.1, 0.15) is 11.3 Å². The highest BCUT2D eigenvalue weighted by atomic mass is 32.1. The Hall–Kier alpha value is -2.93. The Kier molecular flexibility index (Phi) is 4.95. The molecule has 2 aromatic carbocycles. The summed E-state index contributed by atoms with van der Waals surface area (Å²) < 4.78 is 6.18. The fourth-order valence-electron chi connectivity index (χ4n) is 2.42. The zero-order chi connectivity index (χ0) is 17.8. The number of nitrogens with zero attached hydrogens (tertiary/aromatic N) is 1. The second kappa shape index (κ2) is 7.31.